The Labute approximate surface area is 85.4 Å². The highest BCUT2D eigenvalue weighted by molar-refractivity contribution is 5.97. The second-order valence-corrected chi connectivity index (χ2v) is 3.13. The minimum Gasteiger partial charge on any atom is -0.294 e. The summed E-state index contributed by atoms with van der Waals surface area (Å²) in [5.41, 5.74) is 1.83. The summed E-state index contributed by atoms with van der Waals surface area (Å²) in [5.74, 6) is 0.260. The van der Waals surface area contributed by atoms with E-state index in [1.807, 2.05) is 26.0 Å². The van der Waals surface area contributed by atoms with E-state index in [1.54, 1.807) is 6.20 Å². The SMILES string of the molecule is CC.O=C1CCCCc2ncccc21. The molecule has 1 heterocycles. The molecule has 1 aliphatic carbocycles. The molecule has 0 aromatic carbocycles. The number of fused-ring (bicyclic) bond motifs is 1. The molecule has 0 fully saturated rings. The zero-order valence-electron chi connectivity index (χ0n) is 8.92. The van der Waals surface area contributed by atoms with Crippen LogP contribution in [0.15, 0.2) is 18.3 Å². The zero-order valence-corrected chi connectivity index (χ0v) is 8.92. The first-order chi connectivity index (χ1) is 6.88. The molecule has 0 saturated heterocycles. The minimum atomic E-state index is 0.260. The zero-order chi connectivity index (χ0) is 10.4. The first-order valence-electron chi connectivity index (χ1n) is 5.35. The number of rotatable bonds is 0. The molecule has 1 aromatic rings. The Morgan fingerprint density at radius 1 is 1.21 bits per heavy atom. The molecule has 76 valence electrons. The van der Waals surface area contributed by atoms with Crippen molar-refractivity contribution in [1.29, 1.82) is 0 Å². The third-order valence-corrected chi connectivity index (χ3v) is 2.26. The summed E-state index contributed by atoms with van der Waals surface area (Å²) in [6, 6.07) is 3.72. The molecule has 0 N–H and O–H groups in total. The third-order valence-electron chi connectivity index (χ3n) is 2.26. The normalized spacial score (nSPS) is 14.9. The number of nitrogens with zero attached hydrogens (tertiary/aromatic N) is 1. The highest BCUT2D eigenvalue weighted by Gasteiger charge is 2.14. The Morgan fingerprint density at radius 2 is 1.93 bits per heavy atom. The average Bonchev–Trinajstić information content (AvgIpc) is 2.45. The van der Waals surface area contributed by atoms with Gasteiger partial charge in [0.25, 0.3) is 0 Å². The Bertz CT molecular complexity index is 307. The van der Waals surface area contributed by atoms with Crippen molar-refractivity contribution in [3.8, 4) is 0 Å². The summed E-state index contributed by atoms with van der Waals surface area (Å²) >= 11 is 0. The van der Waals surface area contributed by atoms with Crippen LogP contribution in [0.4, 0.5) is 0 Å². The van der Waals surface area contributed by atoms with Crippen LogP contribution in [0.25, 0.3) is 0 Å². The van der Waals surface area contributed by atoms with Crippen molar-refractivity contribution >= 4 is 5.78 Å². The van der Waals surface area contributed by atoms with Crippen molar-refractivity contribution in [2.75, 3.05) is 0 Å². The van der Waals surface area contributed by atoms with Gasteiger partial charge in [0.05, 0.1) is 5.69 Å². The maximum atomic E-state index is 11.5. The predicted molar refractivity (Wildman–Crippen MR) is 57.5 cm³/mol. The van der Waals surface area contributed by atoms with E-state index in [2.05, 4.69) is 4.98 Å². The standard InChI is InChI=1S/C10H11NO.C2H6/c12-10-6-2-1-5-9-8(10)4-3-7-11-9;1-2/h3-4,7H,1-2,5-6H2;1-2H3. The minimum absolute atomic E-state index is 0.260. The number of pyridine rings is 1. The Balaban J connectivity index is 0.000000461. The topological polar surface area (TPSA) is 30.0 Å². The fourth-order valence-electron chi connectivity index (χ4n) is 1.60. The molecule has 2 heteroatoms. The van der Waals surface area contributed by atoms with Crippen LogP contribution >= 0.6 is 0 Å². The van der Waals surface area contributed by atoms with Gasteiger partial charge in [-0.1, -0.05) is 13.8 Å². The van der Waals surface area contributed by atoms with E-state index in [0.29, 0.717) is 6.42 Å². The van der Waals surface area contributed by atoms with Gasteiger partial charge in [-0.05, 0) is 31.4 Å². The molecule has 0 saturated carbocycles. The first-order valence-corrected chi connectivity index (χ1v) is 5.35. The van der Waals surface area contributed by atoms with Gasteiger partial charge in [-0.15, -0.1) is 0 Å². The quantitative estimate of drug-likeness (QED) is 0.590. The molecule has 0 amide bonds. The lowest BCUT2D eigenvalue weighted by Gasteiger charge is -2.00. The van der Waals surface area contributed by atoms with Crippen molar-refractivity contribution in [2.24, 2.45) is 0 Å². The van der Waals surface area contributed by atoms with Crippen molar-refractivity contribution in [2.45, 2.75) is 39.5 Å². The van der Waals surface area contributed by atoms with Gasteiger partial charge in [0.2, 0.25) is 0 Å². The van der Waals surface area contributed by atoms with Gasteiger partial charge in [-0.25, -0.2) is 0 Å². The molecular formula is C12H17NO. The number of carbonyl (C=O) groups is 1. The molecule has 14 heavy (non-hydrogen) atoms. The Kier molecular flexibility index (Phi) is 4.30. The largest absolute Gasteiger partial charge is 0.294 e. The lowest BCUT2D eigenvalue weighted by Crippen LogP contribution is -2.01. The first kappa shape index (κ1) is 10.9. The molecule has 0 radical (unpaired) electrons. The van der Waals surface area contributed by atoms with Crippen LogP contribution in [0.5, 0.6) is 0 Å². The van der Waals surface area contributed by atoms with Gasteiger partial charge in [-0.3, -0.25) is 9.78 Å². The van der Waals surface area contributed by atoms with Crippen LogP contribution in [0.2, 0.25) is 0 Å². The second-order valence-electron chi connectivity index (χ2n) is 3.13. The number of Topliss-reactive ketones (excluding diaryl/α,β-unsaturated/α-hetero) is 1. The van der Waals surface area contributed by atoms with Crippen molar-refractivity contribution < 1.29 is 4.79 Å². The van der Waals surface area contributed by atoms with Crippen molar-refractivity contribution in [1.82, 2.24) is 4.98 Å². The van der Waals surface area contributed by atoms with Crippen LogP contribution in [0.3, 0.4) is 0 Å². The van der Waals surface area contributed by atoms with Gasteiger partial charge in [0.15, 0.2) is 5.78 Å². The summed E-state index contributed by atoms with van der Waals surface area (Å²) in [5, 5.41) is 0. The third kappa shape index (κ3) is 2.41. The number of hydrogen-bond acceptors (Lipinski definition) is 2. The van der Waals surface area contributed by atoms with E-state index >= 15 is 0 Å². The van der Waals surface area contributed by atoms with Crippen molar-refractivity contribution in [3.63, 3.8) is 0 Å². The highest BCUT2D eigenvalue weighted by Crippen LogP contribution is 2.17. The number of carbonyl (C=O) groups excluding carboxylic acids is 1. The van der Waals surface area contributed by atoms with Gasteiger partial charge >= 0.3 is 0 Å². The molecule has 0 bridgehead atoms. The van der Waals surface area contributed by atoms with E-state index < -0.39 is 0 Å². The van der Waals surface area contributed by atoms with Crippen molar-refractivity contribution in [3.05, 3.63) is 29.6 Å². The number of ketones is 1. The monoisotopic (exact) mass is 191 g/mol. The molecule has 2 nitrogen and oxygen atoms in total. The van der Waals surface area contributed by atoms with Crippen LogP contribution in [0.1, 0.15) is 49.2 Å². The molecular weight excluding hydrogens is 174 g/mol. The molecule has 1 aliphatic rings. The lowest BCUT2D eigenvalue weighted by atomic mass is 10.1. The highest BCUT2D eigenvalue weighted by atomic mass is 16.1. The number of hydrogen-bond donors (Lipinski definition) is 0. The smallest absolute Gasteiger partial charge is 0.164 e. The van der Waals surface area contributed by atoms with Gasteiger partial charge in [0, 0.05) is 18.2 Å². The van der Waals surface area contributed by atoms with E-state index in [1.165, 1.54) is 0 Å². The number of aromatic nitrogens is 1. The maximum Gasteiger partial charge on any atom is 0.164 e. The van der Waals surface area contributed by atoms with Gasteiger partial charge < -0.3 is 0 Å². The lowest BCUT2D eigenvalue weighted by molar-refractivity contribution is 0.0981. The molecule has 1 aromatic heterocycles. The molecule has 2 rings (SSSR count). The summed E-state index contributed by atoms with van der Waals surface area (Å²) < 4.78 is 0. The van der Waals surface area contributed by atoms with Gasteiger partial charge in [-0.2, -0.15) is 0 Å². The van der Waals surface area contributed by atoms with Crippen LogP contribution in [0, 0.1) is 0 Å². The average molecular weight is 191 g/mol. The van der Waals surface area contributed by atoms with E-state index in [0.717, 1.165) is 30.5 Å². The Morgan fingerprint density at radius 3 is 2.71 bits per heavy atom. The summed E-state index contributed by atoms with van der Waals surface area (Å²) in [6.45, 7) is 4.00. The summed E-state index contributed by atoms with van der Waals surface area (Å²) in [7, 11) is 0. The molecule has 0 spiro atoms. The summed E-state index contributed by atoms with van der Waals surface area (Å²) in [6.07, 6.45) is 5.52. The fourth-order valence-corrected chi connectivity index (χ4v) is 1.60. The van der Waals surface area contributed by atoms with E-state index in [-0.39, 0.29) is 5.78 Å². The summed E-state index contributed by atoms with van der Waals surface area (Å²) in [4.78, 5) is 15.7. The predicted octanol–water partition coefficient (Wildman–Crippen LogP) is 3.02. The van der Waals surface area contributed by atoms with Gasteiger partial charge in [0.1, 0.15) is 0 Å². The van der Waals surface area contributed by atoms with E-state index in [4.69, 9.17) is 0 Å². The van der Waals surface area contributed by atoms with Crippen LogP contribution in [-0.4, -0.2) is 10.8 Å². The maximum absolute atomic E-state index is 11.5. The fraction of sp³-hybridized carbons (Fsp3) is 0.500. The Hall–Kier alpha value is -1.18. The molecule has 0 unspecified atom stereocenters. The number of aryl methyl sites for hydroxylation is 1. The molecule has 0 atom stereocenters. The second kappa shape index (κ2) is 5.53. The molecule has 0 aliphatic heterocycles. The van der Waals surface area contributed by atoms with E-state index in [9.17, 15) is 4.79 Å². The van der Waals surface area contributed by atoms with Crippen LogP contribution < -0.4 is 0 Å². The van der Waals surface area contributed by atoms with Crippen LogP contribution in [-0.2, 0) is 6.42 Å².